The van der Waals surface area contributed by atoms with Gasteiger partial charge in [-0.05, 0) is 20.8 Å². The van der Waals surface area contributed by atoms with E-state index >= 15 is 0 Å². The fourth-order valence-electron chi connectivity index (χ4n) is 3.28. The van der Waals surface area contributed by atoms with E-state index in [0.717, 1.165) is 11.1 Å². The molecule has 32 heavy (non-hydrogen) atoms. The average molecular weight is 431 g/mol. The number of aliphatic imine (C=N–C) groups is 1. The van der Waals surface area contributed by atoms with Crippen molar-refractivity contribution in [3.63, 3.8) is 0 Å². The summed E-state index contributed by atoms with van der Waals surface area (Å²) in [6.45, 7) is 5.35. The van der Waals surface area contributed by atoms with Crippen molar-refractivity contribution in [3.05, 3.63) is 112 Å². The zero-order valence-electron chi connectivity index (χ0n) is 18.4. The molecule has 0 spiro atoms. The Hall–Kier alpha value is -3.80. The normalized spacial score (nSPS) is 12.0. The molecule has 0 saturated carbocycles. The highest BCUT2D eigenvalue weighted by Gasteiger charge is 2.28. The van der Waals surface area contributed by atoms with Crippen LogP contribution in [0.1, 0.15) is 37.5 Å². The van der Waals surface area contributed by atoms with Gasteiger partial charge in [0.25, 0.3) is 5.69 Å². The third-order valence-corrected chi connectivity index (χ3v) is 4.66. The molecule has 3 rings (SSSR count). The smallest absolute Gasteiger partial charge is 0.331 e. The van der Waals surface area contributed by atoms with Crippen LogP contribution in [-0.4, -0.2) is 28.2 Å². The molecule has 3 aromatic rings. The number of nitro benzene ring substituents is 1. The van der Waals surface area contributed by atoms with Crippen molar-refractivity contribution in [3.8, 4) is 0 Å². The summed E-state index contributed by atoms with van der Waals surface area (Å²) < 4.78 is 5.63. The van der Waals surface area contributed by atoms with Gasteiger partial charge in [-0.15, -0.1) is 0 Å². The van der Waals surface area contributed by atoms with Gasteiger partial charge in [0.2, 0.25) is 0 Å². The molecule has 3 aromatic carbocycles. The van der Waals surface area contributed by atoms with E-state index in [1.807, 2.05) is 60.7 Å². The molecular formula is C26H26N2O4. The van der Waals surface area contributed by atoms with E-state index in [9.17, 15) is 14.9 Å². The first kappa shape index (κ1) is 22.9. The summed E-state index contributed by atoms with van der Waals surface area (Å²) in [6, 6.07) is 24.5. The lowest BCUT2D eigenvalue weighted by Crippen LogP contribution is -2.33. The quantitative estimate of drug-likeness (QED) is 0.218. The Balaban J connectivity index is 2.11. The Labute approximate surface area is 187 Å². The maximum Gasteiger partial charge on any atom is 0.331 e. The molecule has 164 valence electrons. The lowest BCUT2D eigenvalue weighted by molar-refractivity contribution is -0.385. The molecule has 0 aromatic heterocycles. The standard InChI is InChI=1S/C26H26N2O4/c1-26(2,3)32-25(29)22(18-21-16-10-11-17-23(21)28(30)31)27-24(19-12-6-4-7-13-19)20-14-8-5-9-15-20/h4-17,22H,18H2,1-3H3/t22-/m0/s1. The topological polar surface area (TPSA) is 81.8 Å². The molecule has 0 radical (unpaired) electrons. The molecule has 0 N–H and O–H groups in total. The average Bonchev–Trinajstić information content (AvgIpc) is 2.76. The molecule has 0 aliphatic carbocycles. The number of hydrogen-bond acceptors (Lipinski definition) is 5. The molecule has 0 saturated heterocycles. The third-order valence-electron chi connectivity index (χ3n) is 4.66. The van der Waals surface area contributed by atoms with Crippen LogP contribution in [0.25, 0.3) is 0 Å². The van der Waals surface area contributed by atoms with Crippen molar-refractivity contribution in [1.29, 1.82) is 0 Å². The fraction of sp³-hybridized carbons (Fsp3) is 0.231. The first-order chi connectivity index (χ1) is 15.2. The SMILES string of the molecule is CC(C)(C)OC(=O)[C@H](Cc1ccccc1[N+](=O)[O-])N=C(c1ccccc1)c1ccccc1. The summed E-state index contributed by atoms with van der Waals surface area (Å²) in [5.41, 5.74) is 1.98. The van der Waals surface area contributed by atoms with Gasteiger partial charge in [-0.2, -0.15) is 0 Å². The van der Waals surface area contributed by atoms with Crippen LogP contribution in [0.2, 0.25) is 0 Å². The van der Waals surface area contributed by atoms with Crippen LogP contribution in [0.3, 0.4) is 0 Å². The number of ether oxygens (including phenoxy) is 1. The second kappa shape index (κ2) is 10.0. The van der Waals surface area contributed by atoms with Gasteiger partial charge in [0.15, 0.2) is 6.04 Å². The van der Waals surface area contributed by atoms with E-state index in [4.69, 9.17) is 9.73 Å². The molecule has 6 nitrogen and oxygen atoms in total. The van der Waals surface area contributed by atoms with E-state index in [1.165, 1.54) is 6.07 Å². The number of nitrogens with zero attached hydrogens (tertiary/aromatic N) is 2. The molecule has 0 aliphatic heterocycles. The number of hydrogen-bond donors (Lipinski definition) is 0. The number of carbonyl (C=O) groups is 1. The minimum atomic E-state index is -0.953. The van der Waals surface area contributed by atoms with E-state index in [-0.39, 0.29) is 12.1 Å². The van der Waals surface area contributed by atoms with Crippen LogP contribution >= 0.6 is 0 Å². The zero-order valence-corrected chi connectivity index (χ0v) is 18.4. The van der Waals surface area contributed by atoms with E-state index in [0.29, 0.717) is 11.3 Å². The second-order valence-corrected chi connectivity index (χ2v) is 8.35. The van der Waals surface area contributed by atoms with Crippen LogP contribution in [0.5, 0.6) is 0 Å². The molecule has 0 unspecified atom stereocenters. The summed E-state index contributed by atoms with van der Waals surface area (Å²) >= 11 is 0. The number of benzene rings is 3. The number of nitro groups is 1. The molecular weight excluding hydrogens is 404 g/mol. The molecule has 0 heterocycles. The Bertz CT molecular complexity index is 1060. The first-order valence-corrected chi connectivity index (χ1v) is 10.4. The van der Waals surface area contributed by atoms with Gasteiger partial charge < -0.3 is 4.74 Å². The maximum absolute atomic E-state index is 13.1. The predicted molar refractivity (Wildman–Crippen MR) is 125 cm³/mol. The van der Waals surface area contributed by atoms with Gasteiger partial charge in [0, 0.05) is 29.2 Å². The van der Waals surface area contributed by atoms with Gasteiger partial charge in [0.1, 0.15) is 5.60 Å². The number of esters is 1. The fourth-order valence-corrected chi connectivity index (χ4v) is 3.28. The van der Waals surface area contributed by atoms with Gasteiger partial charge in [-0.1, -0.05) is 78.9 Å². The van der Waals surface area contributed by atoms with E-state index in [2.05, 4.69) is 0 Å². The number of rotatable bonds is 7. The van der Waals surface area contributed by atoms with Crippen molar-refractivity contribution in [2.24, 2.45) is 4.99 Å². The minimum absolute atomic E-state index is 0.0442. The number of para-hydroxylation sites is 1. The Kier molecular flexibility index (Phi) is 7.15. The number of carbonyl (C=O) groups excluding carboxylic acids is 1. The van der Waals surface area contributed by atoms with E-state index in [1.54, 1.807) is 39.0 Å². The van der Waals surface area contributed by atoms with Crippen molar-refractivity contribution < 1.29 is 14.5 Å². The van der Waals surface area contributed by atoms with Crippen LogP contribution in [0.15, 0.2) is 89.9 Å². The summed E-state index contributed by atoms with van der Waals surface area (Å²) in [6.07, 6.45) is 0.0508. The Morgan fingerprint density at radius 3 is 1.91 bits per heavy atom. The highest BCUT2D eigenvalue weighted by Crippen LogP contribution is 2.23. The minimum Gasteiger partial charge on any atom is -0.458 e. The van der Waals surface area contributed by atoms with Crippen LogP contribution in [0.4, 0.5) is 5.69 Å². The van der Waals surface area contributed by atoms with Crippen LogP contribution in [0, 0.1) is 10.1 Å². The maximum atomic E-state index is 13.1. The Morgan fingerprint density at radius 2 is 1.41 bits per heavy atom. The van der Waals surface area contributed by atoms with Crippen molar-refractivity contribution in [2.75, 3.05) is 0 Å². The Morgan fingerprint density at radius 1 is 0.906 bits per heavy atom. The van der Waals surface area contributed by atoms with Crippen LogP contribution < -0.4 is 0 Å². The highest BCUT2D eigenvalue weighted by atomic mass is 16.6. The molecule has 0 aliphatic rings. The van der Waals surface area contributed by atoms with Gasteiger partial charge in [0.05, 0.1) is 10.6 Å². The summed E-state index contributed by atoms with van der Waals surface area (Å²) in [7, 11) is 0. The largest absolute Gasteiger partial charge is 0.458 e. The molecule has 0 bridgehead atoms. The van der Waals surface area contributed by atoms with Crippen molar-refractivity contribution in [2.45, 2.75) is 38.8 Å². The van der Waals surface area contributed by atoms with Gasteiger partial charge in [-0.3, -0.25) is 15.1 Å². The van der Waals surface area contributed by atoms with Crippen LogP contribution in [-0.2, 0) is 16.0 Å². The third kappa shape index (κ3) is 6.11. The van der Waals surface area contributed by atoms with Gasteiger partial charge in [-0.25, -0.2) is 4.79 Å². The van der Waals surface area contributed by atoms with Crippen molar-refractivity contribution >= 4 is 17.4 Å². The summed E-state index contributed by atoms with van der Waals surface area (Å²) in [5, 5.41) is 11.5. The lowest BCUT2D eigenvalue weighted by atomic mass is 10.00. The molecule has 6 heteroatoms. The predicted octanol–water partition coefficient (Wildman–Crippen LogP) is 5.39. The second-order valence-electron chi connectivity index (χ2n) is 8.35. The van der Waals surface area contributed by atoms with E-state index < -0.39 is 22.5 Å². The first-order valence-electron chi connectivity index (χ1n) is 10.4. The zero-order chi connectivity index (χ0) is 23.1. The summed E-state index contributed by atoms with van der Waals surface area (Å²) in [4.78, 5) is 29.0. The molecule has 1 atom stereocenters. The monoisotopic (exact) mass is 430 g/mol. The lowest BCUT2D eigenvalue weighted by Gasteiger charge is -2.23. The molecule has 0 fully saturated rings. The summed E-state index contributed by atoms with van der Waals surface area (Å²) in [5.74, 6) is -0.528. The molecule has 0 amide bonds. The highest BCUT2D eigenvalue weighted by molar-refractivity contribution is 6.13. The van der Waals surface area contributed by atoms with Gasteiger partial charge >= 0.3 is 5.97 Å². The van der Waals surface area contributed by atoms with Crippen molar-refractivity contribution in [1.82, 2.24) is 0 Å².